The zero-order valence-corrected chi connectivity index (χ0v) is 44.9. The Morgan fingerprint density at radius 1 is 0.692 bits per heavy atom. The highest BCUT2D eigenvalue weighted by molar-refractivity contribution is 7.48. The molecule has 0 spiro atoms. The first-order valence-corrected chi connectivity index (χ1v) is 28.0. The van der Waals surface area contributed by atoms with Gasteiger partial charge in [0.15, 0.2) is 23.1 Å². The quantitative estimate of drug-likeness (QED) is 0.0224. The van der Waals surface area contributed by atoms with Gasteiger partial charge in [-0.15, -0.1) is 0 Å². The fourth-order valence-corrected chi connectivity index (χ4v) is 11.0. The number of nitrogen functional groups attached to an aromatic ring is 2. The lowest BCUT2D eigenvalue weighted by Crippen LogP contribution is -2.41. The van der Waals surface area contributed by atoms with Gasteiger partial charge >= 0.3 is 7.82 Å². The molecule has 7 heterocycles. The number of aliphatic hydroxyl groups excluding tert-OH is 4. The van der Waals surface area contributed by atoms with E-state index in [0.29, 0.717) is 6.61 Å². The van der Waals surface area contributed by atoms with E-state index >= 15 is 0 Å². The Hall–Kier alpha value is -6.11. The highest BCUT2D eigenvalue weighted by Crippen LogP contribution is 2.52. The van der Waals surface area contributed by atoms with E-state index in [4.69, 9.17) is 48.7 Å². The Morgan fingerprint density at radius 2 is 1.17 bits per heavy atom. The van der Waals surface area contributed by atoms with Gasteiger partial charge in [-0.25, -0.2) is 28.5 Å². The van der Waals surface area contributed by atoms with Gasteiger partial charge in [0.2, 0.25) is 11.2 Å². The number of anilines is 2. The molecule has 0 saturated carbocycles. The molecule has 0 amide bonds. The lowest BCUT2D eigenvalue weighted by molar-refractivity contribution is -0.0756. The summed E-state index contributed by atoms with van der Waals surface area (Å²) in [5, 5.41) is 84.5. The predicted molar refractivity (Wildman–Crippen MR) is 279 cm³/mol. The summed E-state index contributed by atoms with van der Waals surface area (Å²) in [7, 11) is -3.65. The number of nitrogens with two attached hydrogens (primary N) is 2. The third kappa shape index (κ3) is 13.8. The minimum Gasteiger partial charge on any atom is -0.494 e. The number of phosphoric acid groups is 1. The average molecular weight is 1100 g/mol. The maximum absolute atomic E-state index is 15.0. The Labute approximate surface area is 452 Å². The molecule has 5 aromatic heterocycles. The van der Waals surface area contributed by atoms with Crippen LogP contribution in [0, 0.1) is 34.0 Å². The van der Waals surface area contributed by atoms with Crippen LogP contribution in [-0.2, 0) is 43.5 Å². The Kier molecular flexibility index (Phi) is 21.5. The summed E-state index contributed by atoms with van der Waals surface area (Å²) in [5.74, 6) is 0.370. The first-order chi connectivity index (χ1) is 37.8. The number of aromatic nitrogens is 7. The van der Waals surface area contributed by atoms with Crippen LogP contribution in [-0.4, -0.2) is 137 Å². The molecule has 0 bridgehead atoms. The minimum atomic E-state index is -5.01. The van der Waals surface area contributed by atoms with Crippen molar-refractivity contribution < 1.29 is 62.2 Å². The van der Waals surface area contributed by atoms with Crippen LogP contribution in [0.25, 0.3) is 11.0 Å². The molecule has 2 fully saturated rings. The molecule has 26 heteroatoms. The number of nitriles is 3. The lowest BCUT2D eigenvalue weighted by Gasteiger charge is -2.26. The van der Waals surface area contributed by atoms with Crippen LogP contribution in [0.1, 0.15) is 127 Å². The number of nitrogens with zero attached hydrogens (tertiary/aromatic N) is 10. The molecule has 422 valence electrons. The van der Waals surface area contributed by atoms with Crippen molar-refractivity contribution in [2.75, 3.05) is 51.6 Å². The monoisotopic (exact) mass is 1100 g/mol. The topological polar surface area (TPSA) is 369 Å². The van der Waals surface area contributed by atoms with E-state index in [1.54, 1.807) is 0 Å². The van der Waals surface area contributed by atoms with Gasteiger partial charge in [-0.1, -0.05) is 103 Å². The van der Waals surface area contributed by atoms with Crippen molar-refractivity contribution >= 4 is 30.5 Å². The molecule has 2 saturated heterocycles. The lowest BCUT2D eigenvalue weighted by atomic mass is 9.92. The van der Waals surface area contributed by atoms with Gasteiger partial charge in [-0.3, -0.25) is 13.6 Å². The third-order valence-electron chi connectivity index (χ3n) is 14.1. The molecule has 0 aromatic carbocycles. The van der Waals surface area contributed by atoms with Crippen molar-refractivity contribution in [1.82, 2.24) is 34.2 Å². The van der Waals surface area contributed by atoms with E-state index in [1.807, 2.05) is 18.2 Å². The van der Waals surface area contributed by atoms with Crippen molar-refractivity contribution in [3.05, 3.63) is 66.3 Å². The average Bonchev–Trinajstić information content (AvgIpc) is 4.40. The number of pyridine rings is 1. The summed E-state index contributed by atoms with van der Waals surface area (Å²) in [6.45, 7) is 0.211. The zero-order chi connectivity index (χ0) is 55.7. The summed E-state index contributed by atoms with van der Waals surface area (Å²) < 4.78 is 64.8. The standard InChI is InChI=1S/C52H71N12O13P/c1-3-4-5-6-7-8-9-10-11-12-13-14-15-16-17-18-23-71-27-36(75-35-24-40(70-2)37(25-53)58-26-35)28-72-78(69,73-29-41-45(65)47(67)51(31-54,76-41)43-21-19-38-49(56)59-33-61-63(38)43)74-30-42-46(66)48(68)52(32-55,77-42)44-22-20-39-50(57)60-34-62-64(39)44/h19-22,24,26,33-34,36,41-42,45-48,65-68H,3-18,23,27-30H2,1-2H3,(H2,56,59,61)(H2,57,60,62)/t36-,41-,42-,45-,46-,47-,48-,51+,52+/m1/s1. The summed E-state index contributed by atoms with van der Waals surface area (Å²) in [6.07, 6.45) is 11.3. The molecule has 2 aliphatic heterocycles. The maximum atomic E-state index is 15.0. The third-order valence-corrected chi connectivity index (χ3v) is 15.5. The van der Waals surface area contributed by atoms with Gasteiger partial charge in [0.25, 0.3) is 0 Å². The van der Waals surface area contributed by atoms with Crippen LogP contribution in [0.4, 0.5) is 11.6 Å². The second-order valence-corrected chi connectivity index (χ2v) is 21.2. The fourth-order valence-electron chi connectivity index (χ4n) is 9.72. The van der Waals surface area contributed by atoms with Crippen molar-refractivity contribution in [2.24, 2.45) is 0 Å². The van der Waals surface area contributed by atoms with E-state index in [1.165, 1.54) is 130 Å². The minimum absolute atomic E-state index is 0.00229. The Morgan fingerprint density at radius 3 is 1.62 bits per heavy atom. The molecule has 8 N–H and O–H groups in total. The highest BCUT2D eigenvalue weighted by atomic mass is 31.2. The first-order valence-electron chi connectivity index (χ1n) is 26.6. The van der Waals surface area contributed by atoms with Crippen molar-refractivity contribution in [1.29, 1.82) is 15.8 Å². The van der Waals surface area contributed by atoms with Crippen molar-refractivity contribution in [3.63, 3.8) is 0 Å². The molecule has 0 aliphatic carbocycles. The van der Waals surface area contributed by atoms with Gasteiger partial charge in [0, 0.05) is 12.7 Å². The molecule has 25 nitrogen and oxygen atoms in total. The van der Waals surface area contributed by atoms with Crippen molar-refractivity contribution in [2.45, 2.75) is 164 Å². The van der Waals surface area contributed by atoms with E-state index in [9.17, 15) is 40.8 Å². The molecule has 9 atom stereocenters. The largest absolute Gasteiger partial charge is 0.494 e. The smallest absolute Gasteiger partial charge is 0.475 e. The SMILES string of the molecule is CCCCCCCCCCCCCCCCCCOC[C@H](COP(=O)(OC[C@H]1O[C@@](C#N)(c2ccc3c(N)ncnn23)[C@H](O)[C@@H]1O)OC[C@H]1O[C@@](C#N)(c2ccc3c(N)ncnn23)[C@H](O)[C@@H]1O)Oc1cnc(C#N)c(OC)c1. The highest BCUT2D eigenvalue weighted by Gasteiger charge is 2.59. The second kappa shape index (κ2) is 28.2. The van der Waals surface area contributed by atoms with Crippen LogP contribution >= 0.6 is 7.82 Å². The molecule has 5 aromatic rings. The number of aliphatic hydroxyl groups is 4. The van der Waals surface area contributed by atoms with Gasteiger partial charge in [0.1, 0.15) is 90.4 Å². The molecule has 0 unspecified atom stereocenters. The van der Waals surface area contributed by atoms with Crippen LogP contribution in [0.5, 0.6) is 11.5 Å². The Balaban J connectivity index is 1.03. The molecular formula is C52H71N12O13P. The molecule has 0 radical (unpaired) electrons. The van der Waals surface area contributed by atoms with Crippen molar-refractivity contribution in [3.8, 4) is 29.7 Å². The number of fused-ring (bicyclic) bond motifs is 2. The number of hydrogen-bond donors (Lipinski definition) is 6. The number of methoxy groups -OCH3 is 1. The summed E-state index contributed by atoms with van der Waals surface area (Å²) in [4.78, 5) is 12.0. The molecule has 7 rings (SSSR count). The maximum Gasteiger partial charge on any atom is 0.475 e. The van der Waals surface area contributed by atoms with E-state index in [-0.39, 0.29) is 57.9 Å². The van der Waals surface area contributed by atoms with Crippen LogP contribution in [0.2, 0.25) is 0 Å². The second-order valence-electron chi connectivity index (χ2n) is 19.5. The number of ether oxygens (including phenoxy) is 5. The van der Waals surface area contributed by atoms with Crippen LogP contribution in [0.15, 0.2) is 49.2 Å². The molecular weight excluding hydrogens is 1030 g/mol. The number of rotatable bonds is 33. The summed E-state index contributed by atoms with van der Waals surface area (Å²) in [5.41, 5.74) is 8.06. The molecule has 78 heavy (non-hydrogen) atoms. The number of hydrogen-bond acceptors (Lipinski definition) is 23. The summed E-state index contributed by atoms with van der Waals surface area (Å²) >= 11 is 0. The van der Waals surface area contributed by atoms with E-state index in [0.717, 1.165) is 38.3 Å². The predicted octanol–water partition coefficient (Wildman–Crippen LogP) is 5.47. The summed E-state index contributed by atoms with van der Waals surface area (Å²) in [6, 6.07) is 13.1. The van der Waals surface area contributed by atoms with Gasteiger partial charge in [-0.2, -0.15) is 26.0 Å². The van der Waals surface area contributed by atoms with Gasteiger partial charge in [-0.05, 0) is 30.7 Å². The number of unbranched alkanes of at least 4 members (excludes halogenated alkanes) is 15. The van der Waals surface area contributed by atoms with Crippen LogP contribution in [0.3, 0.4) is 0 Å². The molecule has 2 aliphatic rings. The van der Waals surface area contributed by atoms with Gasteiger partial charge < -0.3 is 55.6 Å². The van der Waals surface area contributed by atoms with Crippen LogP contribution < -0.4 is 20.9 Å². The first kappa shape index (κ1) is 59.5. The van der Waals surface area contributed by atoms with E-state index in [2.05, 4.69) is 32.1 Å². The normalized spacial score (nSPS) is 23.6. The van der Waals surface area contributed by atoms with E-state index < -0.39 is 81.6 Å². The Bertz CT molecular complexity index is 2780. The number of phosphoric ester groups is 1. The van der Waals surface area contributed by atoms with Gasteiger partial charge in [0.05, 0.1) is 51.1 Å². The zero-order valence-electron chi connectivity index (χ0n) is 44.0. The fraction of sp³-hybridized carbons (Fsp3) is 0.615.